The van der Waals surface area contributed by atoms with Gasteiger partial charge in [-0.25, -0.2) is 9.59 Å². The fourth-order valence-electron chi connectivity index (χ4n) is 3.27. The monoisotopic (exact) mass is 511 g/mol. The highest BCUT2D eigenvalue weighted by molar-refractivity contribution is 5.99. The van der Waals surface area contributed by atoms with Gasteiger partial charge in [0.1, 0.15) is 19.0 Å². The lowest BCUT2D eigenvalue weighted by molar-refractivity contribution is -0.757. The van der Waals surface area contributed by atoms with Gasteiger partial charge in [-0.2, -0.15) is 0 Å². The Bertz CT molecular complexity index is 1120. The largest absolute Gasteiger partial charge is 0.462 e. The Hall–Kier alpha value is -4.96. The number of esters is 2. The minimum Gasteiger partial charge on any atom is -0.462 e. The fraction of sp³-hybridized carbons (Fsp3) is 0.368. The first kappa shape index (κ1) is 27.3. The molecule has 36 heavy (non-hydrogen) atoms. The van der Waals surface area contributed by atoms with E-state index in [1.165, 1.54) is 25.1 Å². The minimum atomic E-state index is -1.28. The van der Waals surface area contributed by atoms with Gasteiger partial charge in [0.05, 0.1) is 35.2 Å². The quantitative estimate of drug-likeness (QED) is 0.160. The van der Waals surface area contributed by atoms with Crippen molar-refractivity contribution in [1.82, 2.24) is 5.32 Å². The molecule has 1 aromatic rings. The first-order chi connectivity index (χ1) is 17.0. The number of hydrogen-bond acceptors (Lipinski definition) is 14. The first-order valence-electron chi connectivity index (χ1n) is 10.1. The van der Waals surface area contributed by atoms with Crippen LogP contribution in [0.1, 0.15) is 24.8 Å². The van der Waals surface area contributed by atoms with E-state index in [4.69, 9.17) is 15.2 Å². The molecule has 1 aromatic carbocycles. The van der Waals surface area contributed by atoms with E-state index in [2.05, 4.69) is 15.0 Å². The summed E-state index contributed by atoms with van der Waals surface area (Å²) in [4.78, 5) is 65.2. The van der Waals surface area contributed by atoms with E-state index in [9.17, 15) is 39.9 Å². The molecular formula is C19H21N5O12. The van der Waals surface area contributed by atoms with E-state index < -0.39 is 46.2 Å². The summed E-state index contributed by atoms with van der Waals surface area (Å²) in [6.07, 6.45) is -0.0327. The number of dihydropyridines is 1. The molecule has 194 valence electrons. The molecule has 1 heterocycles. The first-order valence-corrected chi connectivity index (χ1v) is 10.1. The van der Waals surface area contributed by atoms with E-state index in [1.54, 1.807) is 0 Å². The minimum absolute atomic E-state index is 0.0327. The number of nitrogens with two attached hydrogens (primary N) is 1. The molecule has 3 N–H and O–H groups in total. The van der Waals surface area contributed by atoms with E-state index in [-0.39, 0.29) is 53.5 Å². The molecule has 0 saturated carbocycles. The zero-order chi connectivity index (χ0) is 26.8. The third kappa shape index (κ3) is 7.27. The van der Waals surface area contributed by atoms with Crippen molar-refractivity contribution in [2.75, 3.05) is 26.4 Å². The number of nitrogens with one attached hydrogen (secondary N) is 1. The zero-order valence-electron chi connectivity index (χ0n) is 18.7. The standard InChI is InChI=1S/C19H21N5O12/c1-11-14(18(25)34-8-9-36-24(31)32)15(12-4-2-5-13(10-12)22(27)28)16(17(20)21-11)19(26)33-6-3-7-35-23(29)30/h2,4-5,10,15,21H,3,6-9,20H2,1H3. The van der Waals surface area contributed by atoms with Crippen LogP contribution in [0.2, 0.25) is 0 Å². The second kappa shape index (κ2) is 12.5. The zero-order valence-corrected chi connectivity index (χ0v) is 18.7. The molecule has 17 nitrogen and oxygen atoms in total. The molecule has 2 rings (SSSR count). The summed E-state index contributed by atoms with van der Waals surface area (Å²) in [6.45, 7) is -0.263. The average molecular weight is 511 g/mol. The number of nitro benzene ring substituents is 1. The smallest absolute Gasteiger partial charge is 0.338 e. The van der Waals surface area contributed by atoms with Crippen LogP contribution in [0.15, 0.2) is 46.9 Å². The molecule has 0 fully saturated rings. The van der Waals surface area contributed by atoms with Crippen molar-refractivity contribution in [3.63, 3.8) is 0 Å². The third-order valence-electron chi connectivity index (χ3n) is 4.68. The van der Waals surface area contributed by atoms with Gasteiger partial charge in [-0.1, -0.05) is 12.1 Å². The van der Waals surface area contributed by atoms with E-state index in [1.807, 2.05) is 0 Å². The van der Waals surface area contributed by atoms with Crippen LogP contribution in [-0.4, -0.2) is 53.5 Å². The summed E-state index contributed by atoms with van der Waals surface area (Å²) >= 11 is 0. The molecular weight excluding hydrogens is 490 g/mol. The van der Waals surface area contributed by atoms with Gasteiger partial charge in [0.2, 0.25) is 0 Å². The Morgan fingerprint density at radius 3 is 2.19 bits per heavy atom. The maximum atomic E-state index is 12.9. The van der Waals surface area contributed by atoms with Crippen LogP contribution in [0.5, 0.6) is 0 Å². The van der Waals surface area contributed by atoms with Gasteiger partial charge in [0.15, 0.2) is 0 Å². The summed E-state index contributed by atoms with van der Waals surface area (Å²) in [5.74, 6) is -3.49. The highest BCUT2D eigenvalue weighted by Gasteiger charge is 2.39. The van der Waals surface area contributed by atoms with Crippen molar-refractivity contribution >= 4 is 17.6 Å². The van der Waals surface area contributed by atoms with Gasteiger partial charge in [-0.15, -0.1) is 20.2 Å². The maximum absolute atomic E-state index is 12.9. The number of nitrogens with zero attached hydrogens (tertiary/aromatic N) is 3. The van der Waals surface area contributed by atoms with Crippen molar-refractivity contribution in [2.45, 2.75) is 19.3 Å². The summed E-state index contributed by atoms with van der Waals surface area (Å²) in [5, 5.41) is 32.4. The SMILES string of the molecule is CC1=C(C(=O)OCCO[N+](=O)[O-])C(c2cccc([N+](=O)[O-])c2)C(C(=O)OCCCO[N+](=O)[O-])=C(N)N1. The molecule has 0 saturated heterocycles. The van der Waals surface area contributed by atoms with Crippen LogP contribution in [0, 0.1) is 30.3 Å². The average Bonchev–Trinajstić information content (AvgIpc) is 2.80. The molecule has 17 heteroatoms. The van der Waals surface area contributed by atoms with Gasteiger partial charge in [0, 0.05) is 24.3 Å². The molecule has 1 unspecified atom stereocenters. The van der Waals surface area contributed by atoms with E-state index in [0.29, 0.717) is 0 Å². The Labute approximate surface area is 201 Å². The maximum Gasteiger partial charge on any atom is 0.338 e. The molecule has 0 aliphatic carbocycles. The molecule has 0 amide bonds. The number of carbonyl (C=O) groups is 2. The molecule has 0 bridgehead atoms. The number of non-ortho nitro benzene ring substituents is 1. The lowest BCUT2D eigenvalue weighted by Crippen LogP contribution is -2.36. The number of benzene rings is 1. The highest BCUT2D eigenvalue weighted by atomic mass is 17.0. The summed E-state index contributed by atoms with van der Waals surface area (Å²) in [6, 6.07) is 5.10. The number of nitro groups is 1. The lowest BCUT2D eigenvalue weighted by Gasteiger charge is -2.30. The lowest BCUT2D eigenvalue weighted by atomic mass is 9.81. The van der Waals surface area contributed by atoms with E-state index >= 15 is 0 Å². The van der Waals surface area contributed by atoms with Crippen LogP contribution in [0.3, 0.4) is 0 Å². The second-order valence-electron chi connectivity index (χ2n) is 7.02. The Morgan fingerprint density at radius 1 is 0.944 bits per heavy atom. The van der Waals surface area contributed by atoms with Gasteiger partial charge in [-0.3, -0.25) is 10.1 Å². The molecule has 1 atom stereocenters. The third-order valence-corrected chi connectivity index (χ3v) is 4.68. The predicted molar refractivity (Wildman–Crippen MR) is 115 cm³/mol. The molecule has 1 aliphatic rings. The second-order valence-corrected chi connectivity index (χ2v) is 7.02. The summed E-state index contributed by atoms with van der Waals surface area (Å²) in [5.41, 5.74) is 5.54. The number of allylic oxidation sites excluding steroid dienone is 1. The van der Waals surface area contributed by atoms with Gasteiger partial charge in [0.25, 0.3) is 15.9 Å². The van der Waals surface area contributed by atoms with Crippen molar-refractivity contribution in [3.05, 3.63) is 82.8 Å². The normalized spacial score (nSPS) is 15.0. The number of ether oxygens (including phenoxy) is 2. The Morgan fingerprint density at radius 2 is 1.56 bits per heavy atom. The van der Waals surface area contributed by atoms with Crippen molar-refractivity contribution in [2.24, 2.45) is 5.73 Å². The van der Waals surface area contributed by atoms with E-state index in [0.717, 1.165) is 6.07 Å². The number of rotatable bonds is 13. The van der Waals surface area contributed by atoms with Gasteiger partial charge < -0.3 is 30.2 Å². The predicted octanol–water partition coefficient (Wildman–Crippen LogP) is 0.619. The van der Waals surface area contributed by atoms with Crippen molar-refractivity contribution in [3.8, 4) is 0 Å². The topological polar surface area (TPSA) is 239 Å². The van der Waals surface area contributed by atoms with Gasteiger partial charge in [-0.05, 0) is 12.5 Å². The summed E-state index contributed by atoms with van der Waals surface area (Å²) < 4.78 is 10.2. The Balaban J connectivity index is 2.38. The van der Waals surface area contributed by atoms with Gasteiger partial charge >= 0.3 is 11.9 Å². The van der Waals surface area contributed by atoms with Crippen LogP contribution in [0.25, 0.3) is 0 Å². The van der Waals surface area contributed by atoms with Crippen LogP contribution >= 0.6 is 0 Å². The Kier molecular flexibility index (Phi) is 9.47. The molecule has 0 spiro atoms. The molecule has 0 radical (unpaired) electrons. The number of carbonyl (C=O) groups excluding carboxylic acids is 2. The molecule has 1 aliphatic heterocycles. The highest BCUT2D eigenvalue weighted by Crippen LogP contribution is 2.39. The fourth-order valence-corrected chi connectivity index (χ4v) is 3.27. The van der Waals surface area contributed by atoms with Crippen LogP contribution in [-0.2, 0) is 28.7 Å². The molecule has 0 aromatic heterocycles. The van der Waals surface area contributed by atoms with Crippen LogP contribution in [0.4, 0.5) is 5.69 Å². The van der Waals surface area contributed by atoms with Crippen molar-refractivity contribution < 1.29 is 43.8 Å². The van der Waals surface area contributed by atoms with Crippen LogP contribution < -0.4 is 11.1 Å². The summed E-state index contributed by atoms with van der Waals surface area (Å²) in [7, 11) is 0. The van der Waals surface area contributed by atoms with Crippen molar-refractivity contribution in [1.29, 1.82) is 0 Å². The number of hydrogen-bond donors (Lipinski definition) is 2.